The van der Waals surface area contributed by atoms with Crippen LogP contribution in [0.1, 0.15) is 24.6 Å². The molecule has 1 unspecified atom stereocenters. The van der Waals surface area contributed by atoms with E-state index in [-0.39, 0.29) is 6.17 Å². The summed E-state index contributed by atoms with van der Waals surface area (Å²) >= 11 is 9.14. The summed E-state index contributed by atoms with van der Waals surface area (Å²) in [4.78, 5) is 1.33. The summed E-state index contributed by atoms with van der Waals surface area (Å²) in [6.45, 7) is 2.12. The molecular weight excluding hydrogens is 452 g/mol. The fraction of sp³-hybridized carbons (Fsp3) is 0.444. The van der Waals surface area contributed by atoms with Gasteiger partial charge in [0.2, 0.25) is 0 Å². The predicted octanol–water partition coefficient (Wildman–Crippen LogP) is 4.95. The second-order valence-corrected chi connectivity index (χ2v) is 8.97. The lowest BCUT2D eigenvalue weighted by molar-refractivity contribution is 0.247. The maximum atomic E-state index is 5.56. The lowest BCUT2D eigenvalue weighted by Gasteiger charge is -2.28. The predicted molar refractivity (Wildman–Crippen MR) is 108 cm³/mol. The first kappa shape index (κ1) is 18.5. The van der Waals surface area contributed by atoms with Crippen molar-refractivity contribution in [3.63, 3.8) is 0 Å². The van der Waals surface area contributed by atoms with Gasteiger partial charge in [0.1, 0.15) is 0 Å². The molecular formula is C18H22Br2N2OS. The molecule has 0 amide bonds. The third kappa shape index (κ3) is 4.67. The average Bonchev–Trinajstić information content (AvgIpc) is 2.61. The van der Waals surface area contributed by atoms with Crippen LogP contribution in [0.3, 0.4) is 0 Å². The van der Waals surface area contributed by atoms with Crippen LogP contribution in [0.2, 0.25) is 0 Å². The molecule has 3 rings (SSSR count). The van der Waals surface area contributed by atoms with Gasteiger partial charge in [-0.2, -0.15) is 0 Å². The molecule has 0 bridgehead atoms. The SMILES string of the molecule is COC1=CC=C(Br)CC1CSc1ccc(Br)cc1C1NCCCN1. The zero-order chi connectivity index (χ0) is 16.9. The molecule has 1 aliphatic heterocycles. The Kier molecular flexibility index (Phi) is 6.87. The number of rotatable bonds is 5. The van der Waals surface area contributed by atoms with E-state index < -0.39 is 0 Å². The first-order chi connectivity index (χ1) is 11.7. The Bertz CT molecular complexity index is 642. The normalized spacial score (nSPS) is 22.0. The van der Waals surface area contributed by atoms with Crippen LogP contribution in [-0.4, -0.2) is 26.0 Å². The summed E-state index contributed by atoms with van der Waals surface area (Å²) in [5.74, 6) is 2.48. The van der Waals surface area contributed by atoms with Crippen molar-refractivity contribution in [3.05, 3.63) is 50.6 Å². The van der Waals surface area contributed by atoms with Crippen molar-refractivity contribution in [2.75, 3.05) is 26.0 Å². The Morgan fingerprint density at radius 3 is 2.75 bits per heavy atom. The molecule has 1 aromatic carbocycles. The van der Waals surface area contributed by atoms with E-state index in [1.54, 1.807) is 7.11 Å². The van der Waals surface area contributed by atoms with E-state index in [4.69, 9.17) is 4.74 Å². The Hall–Kier alpha value is -0.270. The summed E-state index contributed by atoms with van der Waals surface area (Å²) in [6, 6.07) is 6.56. The summed E-state index contributed by atoms with van der Waals surface area (Å²) < 4.78 is 7.92. The van der Waals surface area contributed by atoms with Gasteiger partial charge < -0.3 is 4.74 Å². The van der Waals surface area contributed by atoms with E-state index in [2.05, 4.69) is 72.8 Å². The largest absolute Gasteiger partial charge is 0.501 e. The maximum absolute atomic E-state index is 5.56. The zero-order valence-electron chi connectivity index (χ0n) is 13.6. The second-order valence-electron chi connectivity index (χ2n) is 5.98. The van der Waals surface area contributed by atoms with E-state index >= 15 is 0 Å². The van der Waals surface area contributed by atoms with E-state index in [9.17, 15) is 0 Å². The van der Waals surface area contributed by atoms with Gasteiger partial charge >= 0.3 is 0 Å². The van der Waals surface area contributed by atoms with E-state index in [1.807, 2.05) is 11.8 Å². The minimum Gasteiger partial charge on any atom is -0.501 e. The van der Waals surface area contributed by atoms with Gasteiger partial charge in [0.25, 0.3) is 0 Å². The number of hydrogen-bond donors (Lipinski definition) is 2. The van der Waals surface area contributed by atoms with Crippen LogP contribution in [0.4, 0.5) is 0 Å². The molecule has 24 heavy (non-hydrogen) atoms. The first-order valence-corrected chi connectivity index (χ1v) is 10.7. The van der Waals surface area contributed by atoms with Crippen molar-refractivity contribution in [2.45, 2.75) is 23.9 Å². The van der Waals surface area contributed by atoms with Gasteiger partial charge in [-0.15, -0.1) is 11.8 Å². The topological polar surface area (TPSA) is 33.3 Å². The van der Waals surface area contributed by atoms with Crippen molar-refractivity contribution in [2.24, 2.45) is 5.92 Å². The molecule has 2 N–H and O–H groups in total. The maximum Gasteiger partial charge on any atom is 0.0998 e. The number of allylic oxidation sites excluding steroid dienone is 4. The Morgan fingerprint density at radius 2 is 2.00 bits per heavy atom. The van der Waals surface area contributed by atoms with Crippen molar-refractivity contribution in [1.82, 2.24) is 10.6 Å². The summed E-state index contributed by atoms with van der Waals surface area (Å²) in [7, 11) is 1.76. The Balaban J connectivity index is 1.73. The quantitative estimate of drug-likeness (QED) is 0.592. The van der Waals surface area contributed by atoms with Crippen LogP contribution in [0.15, 0.2) is 50.0 Å². The molecule has 1 fully saturated rings. The van der Waals surface area contributed by atoms with Gasteiger partial charge in [-0.1, -0.05) is 31.9 Å². The van der Waals surface area contributed by atoms with Crippen molar-refractivity contribution < 1.29 is 4.74 Å². The molecule has 0 spiro atoms. The molecule has 3 nitrogen and oxygen atoms in total. The van der Waals surface area contributed by atoms with Crippen LogP contribution >= 0.6 is 43.6 Å². The number of thioether (sulfide) groups is 1. The lowest BCUT2D eigenvalue weighted by Crippen LogP contribution is -2.41. The molecule has 1 aromatic rings. The van der Waals surface area contributed by atoms with Crippen molar-refractivity contribution in [1.29, 1.82) is 0 Å². The van der Waals surface area contributed by atoms with Gasteiger partial charge in [0, 0.05) is 21.0 Å². The molecule has 1 saturated heterocycles. The smallest absolute Gasteiger partial charge is 0.0998 e. The fourth-order valence-corrected chi connectivity index (χ4v) is 5.10. The van der Waals surface area contributed by atoms with E-state index in [1.165, 1.54) is 21.4 Å². The molecule has 0 saturated carbocycles. The highest BCUT2D eigenvalue weighted by molar-refractivity contribution is 9.11. The van der Waals surface area contributed by atoms with Gasteiger partial charge in [0.15, 0.2) is 0 Å². The fourth-order valence-electron chi connectivity index (χ4n) is 3.03. The van der Waals surface area contributed by atoms with Crippen LogP contribution in [-0.2, 0) is 4.74 Å². The van der Waals surface area contributed by atoms with Gasteiger partial charge in [-0.25, -0.2) is 0 Å². The molecule has 0 aromatic heterocycles. The molecule has 0 radical (unpaired) electrons. The molecule has 1 atom stereocenters. The highest BCUT2D eigenvalue weighted by atomic mass is 79.9. The number of benzene rings is 1. The highest BCUT2D eigenvalue weighted by Gasteiger charge is 2.22. The zero-order valence-corrected chi connectivity index (χ0v) is 17.6. The Labute approximate surface area is 164 Å². The van der Waals surface area contributed by atoms with Gasteiger partial charge in [-0.05, 0) is 66.3 Å². The van der Waals surface area contributed by atoms with Crippen molar-refractivity contribution >= 4 is 43.6 Å². The summed E-state index contributed by atoms with van der Waals surface area (Å²) in [6.07, 6.45) is 6.57. The molecule has 2 aliphatic rings. The number of methoxy groups -OCH3 is 1. The van der Waals surface area contributed by atoms with Crippen molar-refractivity contribution in [3.8, 4) is 0 Å². The van der Waals surface area contributed by atoms with E-state index in [0.717, 1.165) is 35.5 Å². The van der Waals surface area contributed by atoms with Crippen LogP contribution < -0.4 is 10.6 Å². The average molecular weight is 474 g/mol. The molecule has 1 heterocycles. The number of halogens is 2. The van der Waals surface area contributed by atoms with Crippen LogP contribution in [0.25, 0.3) is 0 Å². The summed E-state index contributed by atoms with van der Waals surface area (Å²) in [5.41, 5.74) is 1.32. The highest BCUT2D eigenvalue weighted by Crippen LogP contribution is 2.36. The van der Waals surface area contributed by atoms with Crippen LogP contribution in [0.5, 0.6) is 0 Å². The van der Waals surface area contributed by atoms with Gasteiger partial charge in [-0.3, -0.25) is 10.6 Å². The number of hydrogen-bond acceptors (Lipinski definition) is 4. The standard InChI is InChI=1S/C18H22Br2N2OS/c1-23-16-5-3-13(19)9-12(16)11-24-17-6-4-14(20)10-15(17)18-21-7-2-8-22-18/h3-6,10,12,18,21-22H,2,7-9,11H2,1H3. The molecule has 6 heteroatoms. The Morgan fingerprint density at radius 1 is 1.21 bits per heavy atom. The monoisotopic (exact) mass is 472 g/mol. The summed E-state index contributed by atoms with van der Waals surface area (Å²) in [5, 5.41) is 7.14. The second kappa shape index (κ2) is 8.90. The number of ether oxygens (including phenoxy) is 1. The van der Waals surface area contributed by atoms with E-state index in [0.29, 0.717) is 5.92 Å². The third-order valence-corrected chi connectivity index (χ3v) is 6.61. The molecule has 130 valence electrons. The number of nitrogens with one attached hydrogen (secondary N) is 2. The minimum absolute atomic E-state index is 0.231. The lowest BCUT2D eigenvalue weighted by atomic mass is 10.0. The minimum atomic E-state index is 0.231. The van der Waals surface area contributed by atoms with Gasteiger partial charge in [0.05, 0.1) is 19.0 Å². The first-order valence-electron chi connectivity index (χ1n) is 8.16. The molecule has 1 aliphatic carbocycles. The third-order valence-electron chi connectivity index (χ3n) is 4.28. The van der Waals surface area contributed by atoms with Crippen LogP contribution in [0, 0.1) is 5.92 Å².